The van der Waals surface area contributed by atoms with Crippen LogP contribution < -0.4 is 5.73 Å². The summed E-state index contributed by atoms with van der Waals surface area (Å²) < 4.78 is 47.2. The number of aliphatic imine (C=N–C) groups is 2. The Bertz CT molecular complexity index is 745. The molecule has 0 aromatic carbocycles. The maximum Gasteiger partial charge on any atom is 0.245 e. The van der Waals surface area contributed by atoms with Gasteiger partial charge in [-0.1, -0.05) is 20.8 Å². The quantitative estimate of drug-likeness (QED) is 0.232. The summed E-state index contributed by atoms with van der Waals surface area (Å²) in [5.74, 6) is -0.781. The summed E-state index contributed by atoms with van der Waals surface area (Å²) in [5.41, 5.74) is 6.48. The molecule has 2 unspecified atom stereocenters. The zero-order chi connectivity index (χ0) is 24.8. The van der Waals surface area contributed by atoms with E-state index in [1.165, 1.54) is 14.2 Å². The molecule has 0 saturated carbocycles. The van der Waals surface area contributed by atoms with Crippen LogP contribution in [0.3, 0.4) is 0 Å². The van der Waals surface area contributed by atoms with Crippen molar-refractivity contribution in [1.29, 1.82) is 0 Å². The van der Waals surface area contributed by atoms with Crippen LogP contribution in [0.5, 0.6) is 0 Å². The van der Waals surface area contributed by atoms with E-state index in [0.29, 0.717) is 0 Å². The molecule has 0 radical (unpaired) electrons. The molecule has 0 rings (SSSR count). The molecule has 0 saturated heterocycles. The number of nitrogens with zero attached hydrogens (tertiary/aromatic N) is 2. The third kappa shape index (κ3) is 10.1. The Hall–Kier alpha value is -0.853. The first-order valence-corrected chi connectivity index (χ1v) is 15.1. The molecule has 31 heavy (non-hydrogen) atoms. The van der Waals surface area contributed by atoms with Gasteiger partial charge >= 0.3 is 0 Å². The summed E-state index contributed by atoms with van der Waals surface area (Å²) in [6, 6.07) is -1.22. The summed E-state index contributed by atoms with van der Waals surface area (Å²) in [7, 11) is -2.81. The number of ether oxygens (including phenoxy) is 3. The van der Waals surface area contributed by atoms with Crippen LogP contribution in [0.1, 0.15) is 48.5 Å². The van der Waals surface area contributed by atoms with E-state index in [-0.39, 0.29) is 22.7 Å². The van der Waals surface area contributed by atoms with Crippen LogP contribution in [0.4, 0.5) is 0 Å². The molecule has 0 heterocycles. The molecule has 11 heteroatoms. The van der Waals surface area contributed by atoms with E-state index in [2.05, 4.69) is 43.9 Å². The largest absolute Gasteiger partial charge is 0.484 e. The Kier molecular flexibility index (Phi) is 11.0. The highest BCUT2D eigenvalue weighted by atomic mass is 32.2. The lowest BCUT2D eigenvalue weighted by Gasteiger charge is -2.39. The lowest BCUT2D eigenvalue weighted by Crippen LogP contribution is -2.53. The van der Waals surface area contributed by atoms with Gasteiger partial charge in [-0.3, -0.25) is 4.99 Å². The standard InChI is InChI=1S/C20H43N3O6SSi/c1-14(22-18(30(10,24)25)23-15(2)26-8)17(29-20(6,7)27-9)16(21)13-28-31(11,12)19(3,4)5/h14,16-17H,13,21H2,1-12H3/t14?,16?,17-/m0/s1. The molecule has 2 N–H and O–H groups in total. The second-order valence-corrected chi connectivity index (χ2v) is 16.4. The topological polar surface area (TPSA) is 122 Å². The highest BCUT2D eigenvalue weighted by Crippen LogP contribution is 2.36. The van der Waals surface area contributed by atoms with E-state index >= 15 is 0 Å². The molecule has 0 amide bonds. The molecule has 0 bridgehead atoms. The van der Waals surface area contributed by atoms with Gasteiger partial charge < -0.3 is 24.4 Å². The number of hydrogen-bond donors (Lipinski definition) is 1. The fraction of sp³-hybridized carbons (Fsp3) is 0.900. The van der Waals surface area contributed by atoms with Crippen LogP contribution >= 0.6 is 0 Å². The van der Waals surface area contributed by atoms with Crippen molar-refractivity contribution in [3.05, 3.63) is 0 Å². The van der Waals surface area contributed by atoms with Crippen molar-refractivity contribution in [1.82, 2.24) is 0 Å². The molecule has 0 aliphatic carbocycles. The number of amidine groups is 1. The first kappa shape index (κ1) is 30.1. The first-order chi connectivity index (χ1) is 13.8. The third-order valence-corrected chi connectivity index (χ3v) is 10.8. The van der Waals surface area contributed by atoms with Crippen LogP contribution in [-0.4, -0.2) is 78.9 Å². The third-order valence-electron chi connectivity index (χ3n) is 5.45. The monoisotopic (exact) mass is 481 g/mol. The molecule has 0 spiro atoms. The molecular weight excluding hydrogens is 438 g/mol. The normalized spacial score (nSPS) is 18.0. The Labute approximate surface area is 189 Å². The van der Waals surface area contributed by atoms with Crippen molar-refractivity contribution in [2.75, 3.05) is 27.1 Å². The summed E-state index contributed by atoms with van der Waals surface area (Å²) in [6.07, 6.45) is 0.356. The molecule has 0 aromatic heterocycles. The average molecular weight is 482 g/mol. The fourth-order valence-electron chi connectivity index (χ4n) is 2.17. The van der Waals surface area contributed by atoms with Crippen molar-refractivity contribution in [2.24, 2.45) is 15.7 Å². The van der Waals surface area contributed by atoms with Crippen molar-refractivity contribution in [3.8, 4) is 0 Å². The maximum atomic E-state index is 12.2. The predicted molar refractivity (Wildman–Crippen MR) is 129 cm³/mol. The fourth-order valence-corrected chi connectivity index (χ4v) is 3.87. The van der Waals surface area contributed by atoms with Crippen molar-refractivity contribution in [3.63, 3.8) is 0 Å². The van der Waals surface area contributed by atoms with Gasteiger partial charge in [-0.2, -0.15) is 4.99 Å². The van der Waals surface area contributed by atoms with Crippen LogP contribution in [0, 0.1) is 0 Å². The van der Waals surface area contributed by atoms with Gasteiger partial charge in [0.1, 0.15) is 6.10 Å². The molecule has 0 fully saturated rings. The summed E-state index contributed by atoms with van der Waals surface area (Å²) in [4.78, 5) is 8.31. The van der Waals surface area contributed by atoms with Gasteiger partial charge in [0, 0.05) is 20.3 Å². The number of rotatable bonds is 9. The SMILES string of the molecule is COC(C)=NC(=NC(C)[C@H](OC(C)(C)OC)C(N)CO[Si](C)(C)C(C)(C)C)S(C)(=O)=O. The summed E-state index contributed by atoms with van der Waals surface area (Å²) in [5, 5.41) is -0.324. The van der Waals surface area contributed by atoms with Crippen molar-refractivity contribution in [2.45, 2.75) is 90.6 Å². The van der Waals surface area contributed by atoms with E-state index in [9.17, 15) is 8.42 Å². The number of hydrogen-bond acceptors (Lipinski definition) is 8. The highest BCUT2D eigenvalue weighted by molar-refractivity contribution is 8.05. The lowest BCUT2D eigenvalue weighted by molar-refractivity contribution is -0.231. The molecule has 9 nitrogen and oxygen atoms in total. The zero-order valence-corrected chi connectivity index (χ0v) is 23.1. The minimum Gasteiger partial charge on any atom is -0.484 e. The predicted octanol–water partition coefficient (Wildman–Crippen LogP) is 2.96. The Balaban J connectivity index is 6.00. The highest BCUT2D eigenvalue weighted by Gasteiger charge is 2.39. The van der Waals surface area contributed by atoms with Crippen molar-refractivity contribution < 1.29 is 27.1 Å². The van der Waals surface area contributed by atoms with E-state index in [1.54, 1.807) is 27.7 Å². The van der Waals surface area contributed by atoms with E-state index in [1.807, 2.05) is 0 Å². The molecular formula is C20H43N3O6SSi. The first-order valence-electron chi connectivity index (χ1n) is 10.3. The molecule has 0 aromatic rings. The van der Waals surface area contributed by atoms with Gasteiger partial charge in [-0.05, 0) is 38.9 Å². The second-order valence-electron chi connectivity index (χ2n) is 9.68. The molecule has 0 aliphatic heterocycles. The summed E-state index contributed by atoms with van der Waals surface area (Å²) in [6.45, 7) is 17.7. The van der Waals surface area contributed by atoms with Gasteiger partial charge in [0.25, 0.3) is 0 Å². The van der Waals surface area contributed by atoms with Crippen LogP contribution in [0.25, 0.3) is 0 Å². The Morgan fingerprint density at radius 3 is 2.03 bits per heavy atom. The van der Waals surface area contributed by atoms with Crippen LogP contribution in [-0.2, 0) is 28.5 Å². The average Bonchev–Trinajstić information content (AvgIpc) is 2.61. The molecule has 0 aliphatic rings. The lowest BCUT2D eigenvalue weighted by atomic mass is 10.1. The number of nitrogens with two attached hydrogens (primary N) is 1. The zero-order valence-electron chi connectivity index (χ0n) is 21.3. The van der Waals surface area contributed by atoms with E-state index in [0.717, 1.165) is 6.26 Å². The van der Waals surface area contributed by atoms with Gasteiger partial charge in [0.2, 0.25) is 15.0 Å². The maximum absolute atomic E-state index is 12.2. The minimum atomic E-state index is -3.70. The van der Waals surface area contributed by atoms with Crippen LogP contribution in [0.2, 0.25) is 18.1 Å². The smallest absolute Gasteiger partial charge is 0.245 e. The molecule has 184 valence electrons. The Morgan fingerprint density at radius 2 is 1.65 bits per heavy atom. The van der Waals surface area contributed by atoms with Crippen LogP contribution in [0.15, 0.2) is 9.98 Å². The minimum absolute atomic E-state index is 0.0223. The molecule has 3 atom stereocenters. The second kappa shape index (κ2) is 11.3. The van der Waals surface area contributed by atoms with Gasteiger partial charge in [0.15, 0.2) is 20.0 Å². The number of methoxy groups -OCH3 is 2. The Morgan fingerprint density at radius 1 is 1.13 bits per heavy atom. The van der Waals surface area contributed by atoms with Crippen molar-refractivity contribution >= 4 is 29.2 Å². The van der Waals surface area contributed by atoms with E-state index in [4.69, 9.17) is 24.4 Å². The number of sulfone groups is 1. The summed E-state index contributed by atoms with van der Waals surface area (Å²) >= 11 is 0. The van der Waals surface area contributed by atoms with Gasteiger partial charge in [0.05, 0.1) is 25.8 Å². The van der Waals surface area contributed by atoms with E-state index < -0.39 is 42.1 Å². The van der Waals surface area contributed by atoms with Gasteiger partial charge in [-0.25, -0.2) is 8.42 Å². The van der Waals surface area contributed by atoms with Gasteiger partial charge in [-0.15, -0.1) is 0 Å².